The zero-order chi connectivity index (χ0) is 22.9. The van der Waals surface area contributed by atoms with E-state index in [1.165, 1.54) is 41.2 Å². The number of hydrazone groups is 1. The first-order valence-electron chi connectivity index (χ1n) is 10.4. The van der Waals surface area contributed by atoms with Gasteiger partial charge in [0.15, 0.2) is 0 Å². The van der Waals surface area contributed by atoms with E-state index >= 15 is 0 Å². The van der Waals surface area contributed by atoms with Crippen molar-refractivity contribution >= 4 is 27.9 Å². The molecule has 0 bridgehead atoms. The van der Waals surface area contributed by atoms with Gasteiger partial charge in [0.2, 0.25) is 5.13 Å². The first-order chi connectivity index (χ1) is 16.0. The van der Waals surface area contributed by atoms with Crippen molar-refractivity contribution < 1.29 is 9.31 Å². The molecule has 0 amide bonds. The first-order valence-corrected chi connectivity index (χ1v) is 11.3. The van der Waals surface area contributed by atoms with E-state index in [0.717, 1.165) is 22.5 Å². The number of aromatic nitrogens is 1. The van der Waals surface area contributed by atoms with Crippen LogP contribution in [-0.2, 0) is 0 Å². The summed E-state index contributed by atoms with van der Waals surface area (Å²) in [5, 5.41) is 20.6. The lowest BCUT2D eigenvalue weighted by atomic mass is 9.98. The van der Waals surface area contributed by atoms with Crippen LogP contribution in [0.3, 0.4) is 0 Å². The van der Waals surface area contributed by atoms with Crippen LogP contribution in [0.2, 0.25) is 0 Å². The van der Waals surface area contributed by atoms with Gasteiger partial charge in [0.1, 0.15) is 5.82 Å². The predicted octanol–water partition coefficient (Wildman–Crippen LogP) is 6.52. The molecule has 0 saturated carbocycles. The Morgan fingerprint density at radius 2 is 1.82 bits per heavy atom. The number of aryl methyl sites for hydroxylation is 1. The largest absolute Gasteiger partial charge is 0.270 e. The van der Waals surface area contributed by atoms with Gasteiger partial charge < -0.3 is 0 Å². The Balaban J connectivity index is 1.54. The highest BCUT2D eigenvalue weighted by atomic mass is 32.1. The van der Waals surface area contributed by atoms with Gasteiger partial charge in [-0.05, 0) is 24.6 Å². The molecule has 0 saturated heterocycles. The maximum absolute atomic E-state index is 13.6. The molecule has 1 aromatic heterocycles. The fourth-order valence-corrected chi connectivity index (χ4v) is 4.66. The number of nitrogens with zero attached hydrogens (tertiary/aromatic N) is 4. The zero-order valence-electron chi connectivity index (χ0n) is 17.7. The number of hydrogen-bond acceptors (Lipinski definition) is 6. The molecule has 1 aliphatic heterocycles. The summed E-state index contributed by atoms with van der Waals surface area (Å²) in [6.45, 7) is 2.04. The third kappa shape index (κ3) is 4.25. The second kappa shape index (κ2) is 8.55. The number of halogens is 1. The lowest BCUT2D eigenvalue weighted by molar-refractivity contribution is -0.384. The first kappa shape index (κ1) is 21.0. The third-order valence-electron chi connectivity index (χ3n) is 5.59. The van der Waals surface area contributed by atoms with Crippen molar-refractivity contribution in [1.82, 2.24) is 4.98 Å². The van der Waals surface area contributed by atoms with E-state index < -0.39 is 4.92 Å². The Hall–Kier alpha value is -3.91. The van der Waals surface area contributed by atoms with E-state index in [-0.39, 0.29) is 17.5 Å². The molecular weight excluding hydrogens is 439 g/mol. The molecule has 0 fully saturated rings. The summed E-state index contributed by atoms with van der Waals surface area (Å²) in [5.41, 5.74) is 5.37. The van der Waals surface area contributed by atoms with E-state index in [9.17, 15) is 14.5 Å². The number of nitro benzene ring substituents is 1. The van der Waals surface area contributed by atoms with Gasteiger partial charge in [-0.3, -0.25) is 10.1 Å². The number of hydrogen-bond donors (Lipinski definition) is 0. The number of non-ortho nitro benzene ring substituents is 1. The smallest absolute Gasteiger partial charge is 0.258 e. The highest BCUT2D eigenvalue weighted by Gasteiger charge is 2.32. The Bertz CT molecular complexity index is 1350. The highest BCUT2D eigenvalue weighted by Crippen LogP contribution is 2.39. The predicted molar refractivity (Wildman–Crippen MR) is 128 cm³/mol. The molecule has 3 aromatic carbocycles. The molecule has 1 unspecified atom stereocenters. The third-order valence-corrected chi connectivity index (χ3v) is 6.42. The van der Waals surface area contributed by atoms with Crippen LogP contribution in [0.5, 0.6) is 0 Å². The minimum Gasteiger partial charge on any atom is -0.258 e. The van der Waals surface area contributed by atoms with Gasteiger partial charge in [0.25, 0.3) is 5.69 Å². The molecule has 1 aliphatic rings. The molecule has 2 heterocycles. The van der Waals surface area contributed by atoms with Crippen LogP contribution in [0.15, 0.2) is 83.3 Å². The molecule has 33 heavy (non-hydrogen) atoms. The van der Waals surface area contributed by atoms with Gasteiger partial charge in [-0.1, -0.05) is 54.1 Å². The van der Waals surface area contributed by atoms with Gasteiger partial charge in [-0.2, -0.15) is 5.10 Å². The molecule has 4 aromatic rings. The van der Waals surface area contributed by atoms with E-state index in [1.807, 2.05) is 47.6 Å². The number of benzene rings is 3. The lowest BCUT2D eigenvalue weighted by Crippen LogP contribution is -2.18. The molecule has 0 N–H and O–H groups in total. The molecule has 164 valence electrons. The normalized spacial score (nSPS) is 15.5. The molecule has 0 spiro atoms. The molecule has 0 radical (unpaired) electrons. The van der Waals surface area contributed by atoms with Crippen molar-refractivity contribution in [3.63, 3.8) is 0 Å². The quantitative estimate of drug-likeness (QED) is 0.252. The van der Waals surface area contributed by atoms with E-state index in [1.54, 1.807) is 18.2 Å². The summed E-state index contributed by atoms with van der Waals surface area (Å²) in [7, 11) is 0. The number of anilines is 1. The van der Waals surface area contributed by atoms with Gasteiger partial charge >= 0.3 is 0 Å². The van der Waals surface area contributed by atoms with Crippen molar-refractivity contribution in [1.29, 1.82) is 0 Å². The van der Waals surface area contributed by atoms with Gasteiger partial charge in [0.05, 0.1) is 22.4 Å². The molecule has 8 heteroatoms. The molecule has 0 aliphatic carbocycles. The fraction of sp³-hybridized carbons (Fsp3) is 0.120. The van der Waals surface area contributed by atoms with Gasteiger partial charge in [-0.25, -0.2) is 14.4 Å². The fourth-order valence-electron chi connectivity index (χ4n) is 3.83. The number of nitro groups is 1. The summed E-state index contributed by atoms with van der Waals surface area (Å²) in [6.07, 6.45) is 0.520. The average Bonchev–Trinajstić information content (AvgIpc) is 3.48. The Kier molecular flexibility index (Phi) is 5.43. The monoisotopic (exact) mass is 458 g/mol. The minimum absolute atomic E-state index is 0.0166. The number of rotatable bonds is 5. The summed E-state index contributed by atoms with van der Waals surface area (Å²) in [4.78, 5) is 15.6. The summed E-state index contributed by atoms with van der Waals surface area (Å²) in [5.74, 6) is -0.306. The van der Waals surface area contributed by atoms with E-state index in [2.05, 4.69) is 0 Å². The Morgan fingerprint density at radius 3 is 2.55 bits per heavy atom. The van der Waals surface area contributed by atoms with Gasteiger partial charge in [-0.15, -0.1) is 11.3 Å². The molecular formula is C25H19FN4O2S. The number of thiazole rings is 1. The summed E-state index contributed by atoms with van der Waals surface area (Å²) >= 11 is 1.48. The van der Waals surface area contributed by atoms with Crippen LogP contribution in [0.1, 0.15) is 29.2 Å². The lowest BCUT2D eigenvalue weighted by Gasteiger charge is -2.21. The summed E-state index contributed by atoms with van der Waals surface area (Å²) < 4.78 is 13.6. The van der Waals surface area contributed by atoms with Crippen LogP contribution in [-0.4, -0.2) is 15.6 Å². The summed E-state index contributed by atoms with van der Waals surface area (Å²) in [6, 6.07) is 20.8. The standard InChI is InChI=1S/C25H19FN4O2S/c1-16-5-7-17(8-6-16)23-15-33-25(27-23)29-24(18-9-11-20(26)12-10-18)14-22(28-29)19-3-2-4-21(13-19)30(31)32/h2-13,15,24H,14H2,1H3. The molecule has 5 rings (SSSR count). The highest BCUT2D eigenvalue weighted by molar-refractivity contribution is 7.14. The van der Waals surface area contributed by atoms with Crippen LogP contribution < -0.4 is 5.01 Å². The molecule has 6 nitrogen and oxygen atoms in total. The van der Waals surface area contributed by atoms with E-state index in [4.69, 9.17) is 10.1 Å². The maximum atomic E-state index is 13.6. The Morgan fingerprint density at radius 1 is 1.06 bits per heavy atom. The van der Waals surface area contributed by atoms with Crippen molar-refractivity contribution in [2.24, 2.45) is 5.10 Å². The van der Waals surface area contributed by atoms with Crippen LogP contribution >= 0.6 is 11.3 Å². The van der Waals surface area contributed by atoms with Gasteiger partial charge in [0, 0.05) is 35.1 Å². The van der Waals surface area contributed by atoms with Crippen LogP contribution in [0.4, 0.5) is 15.2 Å². The van der Waals surface area contributed by atoms with Crippen LogP contribution in [0.25, 0.3) is 11.3 Å². The van der Waals surface area contributed by atoms with Crippen molar-refractivity contribution in [3.8, 4) is 11.3 Å². The zero-order valence-corrected chi connectivity index (χ0v) is 18.5. The Labute approximate surface area is 193 Å². The maximum Gasteiger partial charge on any atom is 0.270 e. The van der Waals surface area contributed by atoms with Crippen molar-refractivity contribution in [3.05, 3.63) is 111 Å². The molecule has 1 atom stereocenters. The second-order valence-electron chi connectivity index (χ2n) is 7.85. The minimum atomic E-state index is -0.414. The second-order valence-corrected chi connectivity index (χ2v) is 8.69. The van der Waals surface area contributed by atoms with Crippen molar-refractivity contribution in [2.45, 2.75) is 19.4 Å². The van der Waals surface area contributed by atoms with Crippen LogP contribution in [0, 0.1) is 22.9 Å². The average molecular weight is 459 g/mol. The topological polar surface area (TPSA) is 71.6 Å². The SMILES string of the molecule is Cc1ccc(-c2csc(N3N=C(c4cccc([N+](=O)[O-])c4)CC3c3ccc(F)cc3)n2)cc1. The van der Waals surface area contributed by atoms with E-state index in [0.29, 0.717) is 17.1 Å². The van der Waals surface area contributed by atoms with Crippen molar-refractivity contribution in [2.75, 3.05) is 5.01 Å².